The van der Waals surface area contributed by atoms with Gasteiger partial charge in [0.15, 0.2) is 0 Å². The molecule has 1 aromatic heterocycles. The molecular formula is C11H19N3OS2. The third-order valence-corrected chi connectivity index (χ3v) is 4.47. The van der Waals surface area contributed by atoms with Crippen molar-refractivity contribution < 1.29 is 4.79 Å². The average molecular weight is 273 g/mol. The Hall–Kier alpha value is -0.880. The fourth-order valence-electron chi connectivity index (χ4n) is 1.41. The second-order valence-corrected chi connectivity index (χ2v) is 6.02. The predicted molar refractivity (Wildman–Crippen MR) is 77.0 cm³/mol. The minimum absolute atomic E-state index is 0.446. The molecule has 5 N–H and O–H groups in total. The lowest BCUT2D eigenvalue weighted by Gasteiger charge is -2.07. The van der Waals surface area contributed by atoms with Gasteiger partial charge in [0.05, 0.1) is 10.6 Å². The van der Waals surface area contributed by atoms with E-state index in [1.165, 1.54) is 23.1 Å². The summed E-state index contributed by atoms with van der Waals surface area (Å²) in [5.41, 5.74) is 11.7. The maximum absolute atomic E-state index is 11.2. The van der Waals surface area contributed by atoms with Gasteiger partial charge in [-0.25, -0.2) is 0 Å². The largest absolute Gasteiger partial charge is 0.396 e. The van der Waals surface area contributed by atoms with Crippen LogP contribution in [0.1, 0.15) is 29.9 Å². The van der Waals surface area contributed by atoms with Crippen LogP contribution in [-0.2, 0) is 0 Å². The lowest BCUT2D eigenvalue weighted by Crippen LogP contribution is -2.10. The molecule has 0 atom stereocenters. The van der Waals surface area contributed by atoms with Crippen molar-refractivity contribution in [2.24, 2.45) is 11.7 Å². The van der Waals surface area contributed by atoms with Gasteiger partial charge < -0.3 is 16.8 Å². The molecule has 0 aliphatic rings. The number of thioether (sulfide) groups is 1. The summed E-state index contributed by atoms with van der Waals surface area (Å²) in [6, 6.07) is 0. The van der Waals surface area contributed by atoms with E-state index in [0.29, 0.717) is 16.5 Å². The van der Waals surface area contributed by atoms with Gasteiger partial charge in [-0.15, -0.1) is 23.1 Å². The Morgan fingerprint density at radius 3 is 2.65 bits per heavy atom. The van der Waals surface area contributed by atoms with E-state index in [4.69, 9.17) is 11.5 Å². The van der Waals surface area contributed by atoms with Crippen LogP contribution in [0.3, 0.4) is 0 Å². The molecule has 17 heavy (non-hydrogen) atoms. The van der Waals surface area contributed by atoms with Crippen LogP contribution in [0, 0.1) is 5.92 Å². The molecule has 0 spiro atoms. The molecule has 0 aliphatic heterocycles. The van der Waals surface area contributed by atoms with Crippen molar-refractivity contribution >= 4 is 39.7 Å². The molecule has 0 aliphatic carbocycles. The van der Waals surface area contributed by atoms with E-state index in [1.54, 1.807) is 0 Å². The standard InChI is InChI=1S/C11H19N3OS2/c1-6(2)4-5-14-11-9(16-3)7(12)8(17-11)10(13)15/h6,14H,4-5,12H2,1-3H3,(H2,13,15). The van der Waals surface area contributed by atoms with Gasteiger partial charge in [0.1, 0.15) is 9.88 Å². The summed E-state index contributed by atoms with van der Waals surface area (Å²) in [7, 11) is 0. The van der Waals surface area contributed by atoms with Crippen molar-refractivity contribution in [2.45, 2.75) is 25.2 Å². The van der Waals surface area contributed by atoms with Gasteiger partial charge in [-0.2, -0.15) is 0 Å². The van der Waals surface area contributed by atoms with Gasteiger partial charge in [0, 0.05) is 6.54 Å². The first kappa shape index (κ1) is 14.2. The summed E-state index contributed by atoms with van der Waals surface area (Å²) >= 11 is 2.87. The van der Waals surface area contributed by atoms with E-state index >= 15 is 0 Å². The highest BCUT2D eigenvalue weighted by Crippen LogP contribution is 2.41. The smallest absolute Gasteiger partial charge is 0.261 e. The summed E-state index contributed by atoms with van der Waals surface area (Å²) < 4.78 is 0. The maximum atomic E-state index is 11.2. The first-order valence-electron chi connectivity index (χ1n) is 5.47. The lowest BCUT2D eigenvalue weighted by molar-refractivity contribution is 0.100. The molecule has 6 heteroatoms. The molecule has 1 heterocycles. The SMILES string of the molecule is CSc1c(NCCC(C)C)sc(C(N)=O)c1N. The Kier molecular flexibility index (Phi) is 5.14. The molecule has 1 rings (SSSR count). The monoisotopic (exact) mass is 273 g/mol. The zero-order valence-corrected chi connectivity index (χ0v) is 12.0. The topological polar surface area (TPSA) is 81.1 Å². The Morgan fingerprint density at radius 2 is 2.18 bits per heavy atom. The third-order valence-electron chi connectivity index (χ3n) is 2.33. The fraction of sp³-hybridized carbons (Fsp3) is 0.545. The van der Waals surface area contributed by atoms with Crippen LogP contribution < -0.4 is 16.8 Å². The highest BCUT2D eigenvalue weighted by Gasteiger charge is 2.18. The number of nitrogens with two attached hydrogens (primary N) is 2. The quantitative estimate of drug-likeness (QED) is 0.696. The molecule has 0 aromatic carbocycles. The summed E-state index contributed by atoms with van der Waals surface area (Å²) in [6.45, 7) is 5.23. The van der Waals surface area contributed by atoms with E-state index in [9.17, 15) is 4.79 Å². The number of primary amides is 1. The van der Waals surface area contributed by atoms with E-state index in [0.717, 1.165) is 22.9 Å². The highest BCUT2D eigenvalue weighted by atomic mass is 32.2. The molecule has 96 valence electrons. The van der Waals surface area contributed by atoms with Gasteiger partial charge >= 0.3 is 0 Å². The van der Waals surface area contributed by atoms with Crippen molar-refractivity contribution in [2.75, 3.05) is 23.9 Å². The number of hydrogen-bond acceptors (Lipinski definition) is 5. The molecule has 1 amide bonds. The van der Waals surface area contributed by atoms with Crippen LogP contribution in [-0.4, -0.2) is 18.7 Å². The third kappa shape index (κ3) is 3.54. The summed E-state index contributed by atoms with van der Waals surface area (Å²) in [6.07, 6.45) is 3.02. The molecule has 0 saturated carbocycles. The van der Waals surface area contributed by atoms with E-state index in [-0.39, 0.29) is 0 Å². The van der Waals surface area contributed by atoms with E-state index in [1.807, 2.05) is 6.26 Å². The average Bonchev–Trinajstić information content (AvgIpc) is 2.54. The zero-order valence-electron chi connectivity index (χ0n) is 10.4. The summed E-state index contributed by atoms with van der Waals surface area (Å²) in [5, 5.41) is 4.27. The normalized spacial score (nSPS) is 10.8. The second-order valence-electron chi connectivity index (χ2n) is 4.18. The number of nitrogens with one attached hydrogen (secondary N) is 1. The first-order chi connectivity index (χ1) is 7.97. The minimum Gasteiger partial charge on any atom is -0.396 e. The van der Waals surface area contributed by atoms with Gasteiger partial charge in [-0.1, -0.05) is 13.8 Å². The fourth-order valence-corrected chi connectivity index (χ4v) is 3.32. The van der Waals surface area contributed by atoms with Crippen LogP contribution in [0.4, 0.5) is 10.7 Å². The lowest BCUT2D eigenvalue weighted by atomic mass is 10.1. The number of rotatable bonds is 6. The Labute approximate surface area is 110 Å². The minimum atomic E-state index is -0.459. The molecular weight excluding hydrogens is 254 g/mol. The van der Waals surface area contributed by atoms with Gasteiger partial charge in [0.25, 0.3) is 5.91 Å². The van der Waals surface area contributed by atoms with Crippen LogP contribution in [0.25, 0.3) is 0 Å². The molecule has 1 aromatic rings. The molecule has 0 bridgehead atoms. The number of nitrogen functional groups attached to an aromatic ring is 1. The van der Waals surface area contributed by atoms with Gasteiger partial charge in [-0.05, 0) is 18.6 Å². The van der Waals surface area contributed by atoms with E-state index in [2.05, 4.69) is 19.2 Å². The number of thiophene rings is 1. The molecule has 0 radical (unpaired) electrons. The van der Waals surface area contributed by atoms with Crippen LogP contribution in [0.15, 0.2) is 4.90 Å². The molecule has 4 nitrogen and oxygen atoms in total. The van der Waals surface area contributed by atoms with Crippen LogP contribution in [0.2, 0.25) is 0 Å². The number of carbonyl (C=O) groups is 1. The summed E-state index contributed by atoms with van der Waals surface area (Å²) in [5.74, 6) is 0.188. The second kappa shape index (κ2) is 6.16. The van der Waals surface area contributed by atoms with Crippen molar-refractivity contribution in [3.8, 4) is 0 Å². The van der Waals surface area contributed by atoms with Crippen LogP contribution >= 0.6 is 23.1 Å². The first-order valence-corrected chi connectivity index (χ1v) is 7.51. The van der Waals surface area contributed by atoms with Crippen molar-refractivity contribution in [1.29, 1.82) is 0 Å². The van der Waals surface area contributed by atoms with E-state index < -0.39 is 5.91 Å². The Morgan fingerprint density at radius 1 is 1.53 bits per heavy atom. The van der Waals surface area contributed by atoms with Gasteiger partial charge in [0.2, 0.25) is 0 Å². The van der Waals surface area contributed by atoms with Crippen molar-refractivity contribution in [1.82, 2.24) is 0 Å². The number of carbonyl (C=O) groups excluding carboxylic acids is 1. The van der Waals surface area contributed by atoms with Gasteiger partial charge in [-0.3, -0.25) is 4.79 Å². The highest BCUT2D eigenvalue weighted by molar-refractivity contribution is 7.99. The summed E-state index contributed by atoms with van der Waals surface area (Å²) in [4.78, 5) is 12.6. The zero-order chi connectivity index (χ0) is 13.0. The van der Waals surface area contributed by atoms with Crippen molar-refractivity contribution in [3.05, 3.63) is 4.88 Å². The van der Waals surface area contributed by atoms with Crippen LogP contribution in [0.5, 0.6) is 0 Å². The Bertz CT molecular complexity index is 402. The van der Waals surface area contributed by atoms with Crippen molar-refractivity contribution in [3.63, 3.8) is 0 Å². The number of anilines is 2. The predicted octanol–water partition coefficient (Wildman–Crippen LogP) is 2.61. The molecule has 0 fully saturated rings. The Balaban J connectivity index is 2.84. The maximum Gasteiger partial charge on any atom is 0.261 e. The number of hydrogen-bond donors (Lipinski definition) is 3. The number of amides is 1. The molecule has 0 unspecified atom stereocenters. The molecule has 0 saturated heterocycles.